The van der Waals surface area contributed by atoms with Crippen LogP contribution in [0.25, 0.3) is 33.8 Å². The van der Waals surface area contributed by atoms with E-state index in [4.69, 9.17) is 15.0 Å². The van der Waals surface area contributed by atoms with Crippen molar-refractivity contribution in [3.63, 3.8) is 0 Å². The quantitative estimate of drug-likeness (QED) is 0.0539. The largest absolute Gasteiger partial charge is 0.340 e. The van der Waals surface area contributed by atoms with Crippen molar-refractivity contribution >= 4 is 52.2 Å². The highest BCUT2D eigenvalue weighted by molar-refractivity contribution is 5.85. The summed E-state index contributed by atoms with van der Waals surface area (Å²) in [6, 6.07) is 43.2. The Labute approximate surface area is 531 Å². The Morgan fingerprint density at radius 2 is 0.761 bits per heavy atom. The Balaban J connectivity index is 0.564. The molecule has 18 nitrogen and oxygen atoms in total. The number of nitrogens with one attached hydrogen (secondary N) is 6. The second-order valence-electron chi connectivity index (χ2n) is 25.4. The Morgan fingerprint density at radius 1 is 0.435 bits per heavy atom. The van der Waals surface area contributed by atoms with Crippen molar-refractivity contribution in [3.05, 3.63) is 197 Å². The van der Waals surface area contributed by atoms with Gasteiger partial charge in [0.25, 0.3) is 0 Å². The molecule has 3 fully saturated rings. The Morgan fingerprint density at radius 3 is 1.09 bits per heavy atom. The van der Waals surface area contributed by atoms with Gasteiger partial charge in [-0.3, -0.25) is 14.4 Å². The molecular formula is C71H72F3N15O3. The lowest BCUT2D eigenvalue weighted by atomic mass is 9.96. The molecule has 470 valence electrons. The Bertz CT molecular complexity index is 4200. The van der Waals surface area contributed by atoms with Crippen molar-refractivity contribution in [1.29, 1.82) is 0 Å². The van der Waals surface area contributed by atoms with E-state index < -0.39 is 0 Å². The van der Waals surface area contributed by atoms with Gasteiger partial charge in [-0.2, -0.15) is 0 Å². The van der Waals surface area contributed by atoms with Crippen LogP contribution in [0.15, 0.2) is 146 Å². The van der Waals surface area contributed by atoms with Crippen LogP contribution in [0.4, 0.5) is 47.7 Å². The van der Waals surface area contributed by atoms with Crippen LogP contribution >= 0.6 is 0 Å². The SMILES string of the molecule is Cc1ccc(Nc2c(-c3ccc(F)cc3)nc3n2CCN(C(=O)C2CC(Cc4ccc(Nc5c(-c6ccc(F)cc6)nc6n5CCN(C(=O)C5CC(Cc7ccc(Nc8c(-c9ccc(F)cc9)nc9n8CCN(C(=O)C8CCN8)C9)cc7)CN5)C6)cc4)CN2)C3)cc1. The lowest BCUT2D eigenvalue weighted by Gasteiger charge is -2.35. The summed E-state index contributed by atoms with van der Waals surface area (Å²) in [5, 5.41) is 21.1. The van der Waals surface area contributed by atoms with Crippen molar-refractivity contribution in [2.45, 2.75) is 96.4 Å². The van der Waals surface area contributed by atoms with E-state index in [1.54, 1.807) is 36.4 Å². The number of benzene rings is 6. The maximum atomic E-state index is 14.4. The van der Waals surface area contributed by atoms with E-state index in [2.05, 4.69) is 106 Å². The van der Waals surface area contributed by atoms with Gasteiger partial charge in [-0.15, -0.1) is 0 Å². The van der Waals surface area contributed by atoms with Gasteiger partial charge in [0, 0.05) is 73.0 Å². The highest BCUT2D eigenvalue weighted by Gasteiger charge is 2.38. The fourth-order valence-electron chi connectivity index (χ4n) is 14.0. The van der Waals surface area contributed by atoms with Crippen LogP contribution in [0.1, 0.15) is 53.4 Å². The van der Waals surface area contributed by atoms with Crippen LogP contribution in [-0.2, 0) is 66.5 Å². The molecule has 9 aromatic rings. The van der Waals surface area contributed by atoms with Crippen molar-refractivity contribution in [3.8, 4) is 33.8 Å². The number of carbonyl (C=O) groups excluding carboxylic acids is 3. The Hall–Kier alpha value is -9.57. The number of carbonyl (C=O) groups is 3. The molecule has 5 unspecified atom stereocenters. The van der Waals surface area contributed by atoms with Crippen molar-refractivity contribution in [1.82, 2.24) is 59.3 Å². The normalized spacial score (nSPS) is 20.1. The maximum Gasteiger partial charge on any atom is 0.240 e. The van der Waals surface area contributed by atoms with Gasteiger partial charge in [0.1, 0.15) is 69.5 Å². The smallest absolute Gasteiger partial charge is 0.240 e. The van der Waals surface area contributed by atoms with Crippen molar-refractivity contribution in [2.24, 2.45) is 11.8 Å². The average molecular weight is 1240 g/mol. The lowest BCUT2D eigenvalue weighted by molar-refractivity contribution is -0.137. The van der Waals surface area contributed by atoms with Gasteiger partial charge in [0.2, 0.25) is 17.7 Å². The first-order valence-corrected chi connectivity index (χ1v) is 32.0. The van der Waals surface area contributed by atoms with Gasteiger partial charge in [0.05, 0.1) is 37.8 Å². The van der Waals surface area contributed by atoms with Crippen LogP contribution in [-0.4, -0.2) is 118 Å². The summed E-state index contributed by atoms with van der Waals surface area (Å²) >= 11 is 0. The van der Waals surface area contributed by atoms with Crippen LogP contribution in [0, 0.1) is 36.2 Å². The fraction of sp³-hybridized carbons (Fsp3) is 0.324. The number of aryl methyl sites for hydroxylation is 1. The van der Waals surface area contributed by atoms with E-state index in [1.165, 1.54) is 36.4 Å². The van der Waals surface area contributed by atoms with Gasteiger partial charge >= 0.3 is 0 Å². The second kappa shape index (κ2) is 24.9. The minimum atomic E-state index is -0.338. The van der Waals surface area contributed by atoms with Crippen LogP contribution in [0.3, 0.4) is 0 Å². The van der Waals surface area contributed by atoms with Crippen LogP contribution in [0.2, 0.25) is 0 Å². The summed E-state index contributed by atoms with van der Waals surface area (Å²) in [6.45, 7) is 8.69. The van der Waals surface area contributed by atoms with Crippen molar-refractivity contribution in [2.75, 3.05) is 55.2 Å². The number of imidazole rings is 3. The standard InChI is InChI=1S/C71H72F3N15O3/c1-43-2-20-54(21-3-43)78-66-63(48-8-14-51(72)15-9-48)82-61-41-85(29-32-88(61)66)70(91)58-36-46(38-76-58)35-45-6-24-56(25-7-45)80-68-65(50-12-18-53(74)19-13-50)83-62-42-86(30-33-89(62)68)71(92)59-37-47(39-77-59)34-44-4-22-55(23-5-44)79-67-64(49-10-16-52(73)17-11-49)81-60-40-84(28-31-87(60)67)69(90)57-26-27-75-57/h2-25,46-47,57-59,75-80H,26-42H2,1H3. The lowest BCUT2D eigenvalue weighted by Crippen LogP contribution is -2.55. The first-order valence-electron chi connectivity index (χ1n) is 32.0. The van der Waals surface area contributed by atoms with E-state index >= 15 is 0 Å². The van der Waals surface area contributed by atoms with E-state index in [0.29, 0.717) is 95.4 Å². The molecule has 21 heteroatoms. The van der Waals surface area contributed by atoms with Crippen molar-refractivity contribution < 1.29 is 27.6 Å². The highest BCUT2D eigenvalue weighted by atomic mass is 19.1. The van der Waals surface area contributed by atoms with Crippen LogP contribution < -0.4 is 31.9 Å². The molecule has 6 aliphatic rings. The minimum absolute atomic E-state index is 0.0507. The molecule has 0 spiro atoms. The van der Waals surface area contributed by atoms with E-state index in [-0.39, 0.29) is 65.1 Å². The van der Waals surface area contributed by atoms with Gasteiger partial charge in [-0.05, 0) is 191 Å². The average Bonchev–Trinajstić information content (AvgIpc) is 1.75. The Kier molecular flexibility index (Phi) is 15.9. The summed E-state index contributed by atoms with van der Waals surface area (Å²) < 4.78 is 48.8. The number of fused-ring (bicyclic) bond motifs is 3. The zero-order valence-corrected chi connectivity index (χ0v) is 51.1. The van der Waals surface area contributed by atoms with E-state index in [9.17, 15) is 27.6 Å². The molecule has 0 saturated carbocycles. The molecule has 6 aromatic carbocycles. The summed E-state index contributed by atoms with van der Waals surface area (Å²) in [4.78, 5) is 62.6. The maximum absolute atomic E-state index is 14.4. The summed E-state index contributed by atoms with van der Waals surface area (Å²) in [5.41, 5.74) is 10.5. The van der Waals surface area contributed by atoms with Crippen LogP contribution in [0.5, 0.6) is 0 Å². The molecular weight excluding hydrogens is 1170 g/mol. The predicted molar refractivity (Wildman–Crippen MR) is 347 cm³/mol. The van der Waals surface area contributed by atoms with E-state index in [1.807, 2.05) is 33.8 Å². The van der Waals surface area contributed by atoms with Gasteiger partial charge in [-0.1, -0.05) is 42.0 Å². The molecule has 0 bridgehead atoms. The molecule has 9 heterocycles. The molecule has 3 aromatic heterocycles. The summed E-state index contributed by atoms with van der Waals surface area (Å²) in [7, 11) is 0. The summed E-state index contributed by atoms with van der Waals surface area (Å²) in [6.07, 6.45) is 3.85. The molecule has 92 heavy (non-hydrogen) atoms. The minimum Gasteiger partial charge on any atom is -0.340 e. The highest BCUT2D eigenvalue weighted by Crippen LogP contribution is 2.38. The molecule has 5 atom stereocenters. The molecule has 0 aliphatic carbocycles. The number of hydrogen-bond acceptors (Lipinski definition) is 12. The number of rotatable bonds is 16. The number of aromatic nitrogens is 6. The third kappa shape index (κ3) is 12.0. The third-order valence-corrected chi connectivity index (χ3v) is 19.2. The topological polar surface area (TPSA) is 187 Å². The fourth-order valence-corrected chi connectivity index (χ4v) is 14.0. The molecule has 6 N–H and O–H groups in total. The molecule has 15 rings (SSSR count). The number of anilines is 6. The third-order valence-electron chi connectivity index (χ3n) is 19.2. The first-order chi connectivity index (χ1) is 44.9. The number of nitrogens with zero attached hydrogens (tertiary/aromatic N) is 9. The predicted octanol–water partition coefficient (Wildman–Crippen LogP) is 10.1. The molecule has 3 amide bonds. The number of hydrogen-bond donors (Lipinski definition) is 6. The van der Waals surface area contributed by atoms with E-state index in [0.717, 1.165) is 118 Å². The molecule has 6 aliphatic heterocycles. The summed E-state index contributed by atoms with van der Waals surface area (Å²) in [5.74, 6) is 4.43. The number of halogens is 3. The zero-order chi connectivity index (χ0) is 62.6. The number of amides is 3. The molecule has 3 saturated heterocycles. The second-order valence-corrected chi connectivity index (χ2v) is 25.4. The van der Waals surface area contributed by atoms with Gasteiger partial charge in [0.15, 0.2) is 0 Å². The van der Waals surface area contributed by atoms with Gasteiger partial charge in [-0.25, -0.2) is 28.1 Å². The zero-order valence-electron chi connectivity index (χ0n) is 51.1. The monoisotopic (exact) mass is 1240 g/mol. The first kappa shape index (κ1) is 58.8. The molecule has 0 radical (unpaired) electrons. The van der Waals surface area contributed by atoms with Gasteiger partial charge < -0.3 is 60.3 Å².